The lowest BCUT2D eigenvalue weighted by Crippen LogP contribution is -2.45. The summed E-state index contributed by atoms with van der Waals surface area (Å²) in [4.78, 5) is 23.4. The van der Waals surface area contributed by atoms with Gasteiger partial charge in [-0.25, -0.2) is 0 Å². The van der Waals surface area contributed by atoms with Crippen LogP contribution in [0.25, 0.3) is 0 Å². The van der Waals surface area contributed by atoms with E-state index < -0.39 is 0 Å². The van der Waals surface area contributed by atoms with E-state index in [9.17, 15) is 9.59 Å². The number of carbonyl (C=O) groups excluding carboxylic acids is 2. The van der Waals surface area contributed by atoms with Crippen molar-refractivity contribution in [2.45, 2.75) is 59.4 Å². The van der Waals surface area contributed by atoms with E-state index in [4.69, 9.17) is 0 Å². The summed E-state index contributed by atoms with van der Waals surface area (Å²) >= 11 is 0. The number of carbonyl (C=O) groups is 2. The Morgan fingerprint density at radius 3 is 2.00 bits per heavy atom. The van der Waals surface area contributed by atoms with Crippen molar-refractivity contribution in [2.75, 3.05) is 6.54 Å². The van der Waals surface area contributed by atoms with Gasteiger partial charge in [-0.05, 0) is 30.6 Å². The number of rotatable bonds is 8. The maximum atomic E-state index is 11.8. The van der Waals surface area contributed by atoms with Gasteiger partial charge in [-0.15, -0.1) is 0 Å². The molecule has 1 atom stereocenters. The first-order chi connectivity index (χ1) is 8.88. The van der Waals surface area contributed by atoms with Crippen LogP contribution in [0, 0.1) is 17.8 Å². The summed E-state index contributed by atoms with van der Waals surface area (Å²) in [5.74, 6) is 1.48. The third-order valence-corrected chi connectivity index (χ3v) is 3.24. The van der Waals surface area contributed by atoms with E-state index in [1.807, 2.05) is 27.7 Å². The largest absolute Gasteiger partial charge is 0.354 e. The van der Waals surface area contributed by atoms with Gasteiger partial charge in [0.15, 0.2) is 0 Å². The molecule has 1 aliphatic carbocycles. The average Bonchev–Trinajstić information content (AvgIpc) is 3.05. The fraction of sp³-hybridized carbons (Fsp3) is 0.867. The maximum absolute atomic E-state index is 11.8. The molecule has 19 heavy (non-hydrogen) atoms. The predicted molar refractivity (Wildman–Crippen MR) is 76.6 cm³/mol. The van der Waals surface area contributed by atoms with E-state index in [1.165, 1.54) is 0 Å². The molecule has 0 aromatic heterocycles. The fourth-order valence-electron chi connectivity index (χ4n) is 2.14. The minimum Gasteiger partial charge on any atom is -0.354 e. The first kappa shape index (κ1) is 16.0. The zero-order chi connectivity index (χ0) is 14.4. The molecule has 0 spiro atoms. The molecule has 1 unspecified atom stereocenters. The SMILES string of the molecule is CC(C)CC(=O)NCC(NC(=O)CC(C)C)C1CC1. The van der Waals surface area contributed by atoms with Crippen molar-refractivity contribution in [3.05, 3.63) is 0 Å². The molecule has 0 aliphatic heterocycles. The predicted octanol–water partition coefficient (Wildman–Crippen LogP) is 2.09. The molecule has 0 radical (unpaired) electrons. The van der Waals surface area contributed by atoms with Gasteiger partial charge in [0.1, 0.15) is 0 Å². The molecule has 2 amide bonds. The molecule has 4 nitrogen and oxygen atoms in total. The highest BCUT2D eigenvalue weighted by atomic mass is 16.2. The molecule has 4 heteroatoms. The van der Waals surface area contributed by atoms with Crippen LogP contribution in [0.4, 0.5) is 0 Å². The van der Waals surface area contributed by atoms with E-state index in [1.54, 1.807) is 0 Å². The monoisotopic (exact) mass is 268 g/mol. The van der Waals surface area contributed by atoms with E-state index >= 15 is 0 Å². The number of amides is 2. The Bertz CT molecular complexity index is 309. The summed E-state index contributed by atoms with van der Waals surface area (Å²) in [6, 6.07) is 0.113. The second-order valence-electron chi connectivity index (χ2n) is 6.51. The van der Waals surface area contributed by atoms with Crippen molar-refractivity contribution in [2.24, 2.45) is 17.8 Å². The molecule has 0 saturated heterocycles. The number of hydrogen-bond acceptors (Lipinski definition) is 2. The Morgan fingerprint density at radius 2 is 1.53 bits per heavy atom. The zero-order valence-corrected chi connectivity index (χ0v) is 12.7. The van der Waals surface area contributed by atoms with E-state index in [2.05, 4.69) is 10.6 Å². The van der Waals surface area contributed by atoms with Crippen molar-refractivity contribution < 1.29 is 9.59 Å². The van der Waals surface area contributed by atoms with Crippen LogP contribution < -0.4 is 10.6 Å². The second kappa shape index (κ2) is 7.51. The lowest BCUT2D eigenvalue weighted by Gasteiger charge is -2.20. The van der Waals surface area contributed by atoms with Gasteiger partial charge in [0.05, 0.1) is 0 Å². The van der Waals surface area contributed by atoms with Gasteiger partial charge in [-0.1, -0.05) is 27.7 Å². The molecule has 1 aliphatic rings. The topological polar surface area (TPSA) is 58.2 Å². The van der Waals surface area contributed by atoms with Crippen LogP contribution in [0.3, 0.4) is 0 Å². The Balaban J connectivity index is 2.33. The van der Waals surface area contributed by atoms with Crippen LogP contribution in [0.1, 0.15) is 53.4 Å². The molecule has 2 N–H and O–H groups in total. The summed E-state index contributed by atoms with van der Waals surface area (Å²) in [7, 11) is 0. The summed E-state index contributed by atoms with van der Waals surface area (Å²) in [6.07, 6.45) is 3.43. The highest BCUT2D eigenvalue weighted by molar-refractivity contribution is 5.77. The zero-order valence-electron chi connectivity index (χ0n) is 12.7. The smallest absolute Gasteiger partial charge is 0.220 e. The Hall–Kier alpha value is -1.06. The first-order valence-electron chi connectivity index (χ1n) is 7.44. The van der Waals surface area contributed by atoms with Crippen LogP contribution in [-0.2, 0) is 9.59 Å². The Morgan fingerprint density at radius 1 is 1.00 bits per heavy atom. The summed E-state index contributed by atoms with van der Waals surface area (Å²) in [5.41, 5.74) is 0. The van der Waals surface area contributed by atoms with Crippen LogP contribution >= 0.6 is 0 Å². The van der Waals surface area contributed by atoms with Gasteiger partial charge in [-0.3, -0.25) is 9.59 Å². The van der Waals surface area contributed by atoms with Crippen molar-refractivity contribution in [3.63, 3.8) is 0 Å². The summed E-state index contributed by atoms with van der Waals surface area (Å²) in [5, 5.41) is 6.01. The summed E-state index contributed by atoms with van der Waals surface area (Å²) < 4.78 is 0. The van der Waals surface area contributed by atoms with Gasteiger partial charge < -0.3 is 10.6 Å². The maximum Gasteiger partial charge on any atom is 0.220 e. The fourth-order valence-corrected chi connectivity index (χ4v) is 2.14. The third-order valence-electron chi connectivity index (χ3n) is 3.24. The van der Waals surface area contributed by atoms with Gasteiger partial charge in [0, 0.05) is 25.4 Å². The molecular weight excluding hydrogens is 240 g/mol. The highest BCUT2D eigenvalue weighted by Gasteiger charge is 2.32. The van der Waals surface area contributed by atoms with Gasteiger partial charge in [-0.2, -0.15) is 0 Å². The standard InChI is InChI=1S/C15H28N2O2/c1-10(2)7-14(18)16-9-13(12-5-6-12)17-15(19)8-11(3)4/h10-13H,5-9H2,1-4H3,(H,16,18)(H,17,19). The van der Waals surface area contributed by atoms with Crippen molar-refractivity contribution in [3.8, 4) is 0 Å². The van der Waals surface area contributed by atoms with Gasteiger partial charge in [0.25, 0.3) is 0 Å². The first-order valence-corrected chi connectivity index (χ1v) is 7.44. The van der Waals surface area contributed by atoms with Crippen LogP contribution in [-0.4, -0.2) is 24.4 Å². The van der Waals surface area contributed by atoms with Gasteiger partial charge in [0.2, 0.25) is 11.8 Å². The van der Waals surface area contributed by atoms with E-state index in [0.717, 1.165) is 12.8 Å². The van der Waals surface area contributed by atoms with Crippen LogP contribution in [0.2, 0.25) is 0 Å². The summed E-state index contributed by atoms with van der Waals surface area (Å²) in [6.45, 7) is 8.71. The third kappa shape index (κ3) is 7.19. The Labute approximate surface area is 116 Å². The van der Waals surface area contributed by atoms with E-state index in [0.29, 0.717) is 37.1 Å². The molecule has 0 heterocycles. The normalized spacial score (nSPS) is 16.5. The molecule has 1 saturated carbocycles. The van der Waals surface area contributed by atoms with Crippen molar-refractivity contribution in [1.82, 2.24) is 10.6 Å². The highest BCUT2D eigenvalue weighted by Crippen LogP contribution is 2.32. The van der Waals surface area contributed by atoms with Crippen LogP contribution in [0.15, 0.2) is 0 Å². The van der Waals surface area contributed by atoms with E-state index in [-0.39, 0.29) is 17.9 Å². The lowest BCUT2D eigenvalue weighted by atomic mass is 10.1. The van der Waals surface area contributed by atoms with Gasteiger partial charge >= 0.3 is 0 Å². The Kier molecular flexibility index (Phi) is 6.32. The van der Waals surface area contributed by atoms with Crippen LogP contribution in [0.5, 0.6) is 0 Å². The minimum atomic E-state index is 0.0822. The quantitative estimate of drug-likeness (QED) is 0.708. The average molecular weight is 268 g/mol. The minimum absolute atomic E-state index is 0.0822. The molecular formula is C15H28N2O2. The van der Waals surface area contributed by atoms with Crippen molar-refractivity contribution >= 4 is 11.8 Å². The molecule has 0 bridgehead atoms. The molecule has 0 aromatic carbocycles. The second-order valence-corrected chi connectivity index (χ2v) is 6.51. The lowest BCUT2D eigenvalue weighted by molar-refractivity contribution is -0.124. The molecule has 1 fully saturated rings. The molecule has 110 valence electrons. The van der Waals surface area contributed by atoms with Crippen molar-refractivity contribution in [1.29, 1.82) is 0 Å². The number of hydrogen-bond donors (Lipinski definition) is 2. The molecule has 0 aromatic rings. The molecule has 1 rings (SSSR count). The number of nitrogens with one attached hydrogen (secondary N) is 2.